The standard InChI is InChI=1S/C53H86O6/c1-4-7-10-13-16-19-21-23-25-26-28-29-31-34-37-40-43-46-52(55)58-49-50(48-57-51(54)45-42-39-36-33-18-15-12-9-6-3)59-53(56)47-44-41-38-35-32-30-27-24-22-20-17-14-11-8-5-2/h8,11,14,16-17,19-20,22-25,27,30,32-33,36,50H,4-7,9-10,12-13,15,18,21,26,28-29,31,34-35,37-49H2,1-3H3/b11-8-,17-14-,19-16-,22-20-,25-23-,27-24-,32-30-,36-33-. The van der Waals surface area contributed by atoms with Crippen LogP contribution < -0.4 is 0 Å². The molecule has 0 fully saturated rings. The first-order valence-electron chi connectivity index (χ1n) is 23.8. The van der Waals surface area contributed by atoms with Crippen LogP contribution in [-0.2, 0) is 28.6 Å². The second kappa shape index (κ2) is 47.0. The smallest absolute Gasteiger partial charge is 0.306 e. The van der Waals surface area contributed by atoms with E-state index in [4.69, 9.17) is 14.2 Å². The second-order valence-electron chi connectivity index (χ2n) is 15.4. The topological polar surface area (TPSA) is 78.9 Å². The highest BCUT2D eigenvalue weighted by Crippen LogP contribution is 2.12. The van der Waals surface area contributed by atoms with E-state index >= 15 is 0 Å². The minimum Gasteiger partial charge on any atom is -0.462 e. The number of unbranched alkanes of at least 4 members (excludes halogenated alkanes) is 18. The van der Waals surface area contributed by atoms with Gasteiger partial charge in [0.25, 0.3) is 0 Å². The van der Waals surface area contributed by atoms with Crippen LogP contribution in [0.2, 0.25) is 0 Å². The zero-order valence-corrected chi connectivity index (χ0v) is 38.0. The molecule has 0 rings (SSSR count). The summed E-state index contributed by atoms with van der Waals surface area (Å²) in [5, 5.41) is 0. The van der Waals surface area contributed by atoms with Crippen molar-refractivity contribution in [2.24, 2.45) is 0 Å². The van der Waals surface area contributed by atoms with Gasteiger partial charge >= 0.3 is 17.9 Å². The Bertz CT molecular complexity index is 1220. The monoisotopic (exact) mass is 819 g/mol. The molecule has 0 radical (unpaired) electrons. The van der Waals surface area contributed by atoms with Gasteiger partial charge in [-0.05, 0) is 89.9 Å². The minimum atomic E-state index is -0.813. The van der Waals surface area contributed by atoms with E-state index in [2.05, 4.69) is 69.4 Å². The van der Waals surface area contributed by atoms with Crippen molar-refractivity contribution in [3.05, 3.63) is 97.2 Å². The molecular formula is C53H86O6. The predicted octanol–water partition coefficient (Wildman–Crippen LogP) is 15.4. The van der Waals surface area contributed by atoms with Crippen molar-refractivity contribution < 1.29 is 28.6 Å². The molecular weight excluding hydrogens is 733 g/mol. The lowest BCUT2D eigenvalue weighted by Crippen LogP contribution is -2.30. The van der Waals surface area contributed by atoms with Crippen LogP contribution >= 0.6 is 0 Å². The zero-order chi connectivity index (χ0) is 43.0. The van der Waals surface area contributed by atoms with Gasteiger partial charge in [-0.2, -0.15) is 0 Å². The van der Waals surface area contributed by atoms with Crippen molar-refractivity contribution in [3.8, 4) is 0 Å². The lowest BCUT2D eigenvalue weighted by molar-refractivity contribution is -0.167. The van der Waals surface area contributed by atoms with E-state index < -0.39 is 6.10 Å². The van der Waals surface area contributed by atoms with Gasteiger partial charge in [-0.1, -0.05) is 189 Å². The van der Waals surface area contributed by atoms with E-state index in [-0.39, 0.29) is 37.5 Å². The second-order valence-corrected chi connectivity index (χ2v) is 15.4. The van der Waals surface area contributed by atoms with E-state index in [0.717, 1.165) is 70.6 Å². The van der Waals surface area contributed by atoms with Gasteiger partial charge in [0.1, 0.15) is 13.2 Å². The lowest BCUT2D eigenvalue weighted by atomic mass is 10.1. The van der Waals surface area contributed by atoms with Crippen LogP contribution in [0.15, 0.2) is 97.2 Å². The average molecular weight is 819 g/mol. The Hall–Kier alpha value is -3.67. The highest BCUT2D eigenvalue weighted by atomic mass is 16.6. The molecule has 1 atom stereocenters. The van der Waals surface area contributed by atoms with Crippen molar-refractivity contribution in [2.45, 2.75) is 207 Å². The number of carbonyl (C=O) groups excluding carboxylic acids is 3. The summed E-state index contributed by atoms with van der Waals surface area (Å²) in [6.07, 6.45) is 61.1. The van der Waals surface area contributed by atoms with E-state index in [1.807, 2.05) is 48.6 Å². The summed E-state index contributed by atoms with van der Waals surface area (Å²) in [4.78, 5) is 37.8. The fraction of sp³-hybridized carbons (Fsp3) is 0.642. The third-order valence-electron chi connectivity index (χ3n) is 9.67. The molecule has 0 N–H and O–H groups in total. The van der Waals surface area contributed by atoms with Crippen molar-refractivity contribution in [1.29, 1.82) is 0 Å². The number of esters is 3. The predicted molar refractivity (Wildman–Crippen MR) is 251 cm³/mol. The van der Waals surface area contributed by atoms with Crippen molar-refractivity contribution in [3.63, 3.8) is 0 Å². The molecule has 0 saturated carbocycles. The molecule has 0 amide bonds. The maximum absolute atomic E-state index is 12.7. The molecule has 0 aromatic heterocycles. The van der Waals surface area contributed by atoms with E-state index in [0.29, 0.717) is 25.7 Å². The number of carbonyl (C=O) groups is 3. The Labute approximate surface area is 362 Å². The summed E-state index contributed by atoms with van der Waals surface area (Å²) in [5.41, 5.74) is 0. The number of allylic oxidation sites excluding steroid dienone is 16. The fourth-order valence-electron chi connectivity index (χ4n) is 6.08. The minimum absolute atomic E-state index is 0.109. The summed E-state index contributed by atoms with van der Waals surface area (Å²) in [6.45, 7) is 6.34. The Morgan fingerprint density at radius 3 is 1.31 bits per heavy atom. The summed E-state index contributed by atoms with van der Waals surface area (Å²) < 4.78 is 16.6. The molecule has 59 heavy (non-hydrogen) atoms. The van der Waals surface area contributed by atoms with Crippen LogP contribution in [0.1, 0.15) is 201 Å². The Balaban J connectivity index is 4.47. The van der Waals surface area contributed by atoms with Gasteiger partial charge in [0.15, 0.2) is 6.10 Å². The molecule has 0 aromatic rings. The van der Waals surface area contributed by atoms with Crippen LogP contribution in [-0.4, -0.2) is 37.2 Å². The van der Waals surface area contributed by atoms with Gasteiger partial charge in [0.05, 0.1) is 0 Å². The maximum Gasteiger partial charge on any atom is 0.306 e. The molecule has 0 heterocycles. The van der Waals surface area contributed by atoms with Crippen LogP contribution in [0, 0.1) is 0 Å². The number of hydrogen-bond acceptors (Lipinski definition) is 6. The van der Waals surface area contributed by atoms with Gasteiger partial charge in [-0.25, -0.2) is 0 Å². The molecule has 1 unspecified atom stereocenters. The summed E-state index contributed by atoms with van der Waals surface area (Å²) >= 11 is 0. The van der Waals surface area contributed by atoms with Crippen molar-refractivity contribution >= 4 is 17.9 Å². The van der Waals surface area contributed by atoms with Crippen LogP contribution in [0.5, 0.6) is 0 Å². The van der Waals surface area contributed by atoms with Crippen LogP contribution in [0.25, 0.3) is 0 Å². The Morgan fingerprint density at radius 2 is 0.746 bits per heavy atom. The molecule has 0 aromatic carbocycles. The number of rotatable bonds is 41. The van der Waals surface area contributed by atoms with Crippen molar-refractivity contribution in [2.75, 3.05) is 13.2 Å². The zero-order valence-electron chi connectivity index (χ0n) is 38.0. The highest BCUT2D eigenvalue weighted by Gasteiger charge is 2.19. The molecule has 6 nitrogen and oxygen atoms in total. The summed E-state index contributed by atoms with van der Waals surface area (Å²) in [5.74, 6) is -1.00. The molecule has 334 valence electrons. The molecule has 6 heteroatoms. The number of ether oxygens (including phenoxy) is 3. The van der Waals surface area contributed by atoms with Crippen molar-refractivity contribution in [1.82, 2.24) is 0 Å². The first-order chi connectivity index (χ1) is 29.0. The van der Waals surface area contributed by atoms with E-state index in [1.54, 1.807) is 0 Å². The third kappa shape index (κ3) is 45.3. The van der Waals surface area contributed by atoms with Gasteiger partial charge in [0, 0.05) is 19.3 Å². The summed E-state index contributed by atoms with van der Waals surface area (Å²) in [6, 6.07) is 0. The fourth-order valence-corrected chi connectivity index (χ4v) is 6.08. The van der Waals surface area contributed by atoms with Crippen LogP contribution in [0.3, 0.4) is 0 Å². The van der Waals surface area contributed by atoms with Gasteiger partial charge in [-0.3, -0.25) is 14.4 Å². The first kappa shape index (κ1) is 55.3. The molecule has 0 saturated heterocycles. The molecule has 0 aliphatic carbocycles. The Kier molecular flexibility index (Phi) is 44.1. The average Bonchev–Trinajstić information content (AvgIpc) is 3.23. The maximum atomic E-state index is 12.7. The van der Waals surface area contributed by atoms with E-state index in [1.165, 1.54) is 77.0 Å². The molecule has 0 aliphatic heterocycles. The molecule has 0 bridgehead atoms. The first-order valence-corrected chi connectivity index (χ1v) is 23.8. The molecule has 0 spiro atoms. The quantitative estimate of drug-likeness (QED) is 0.0201. The summed E-state index contributed by atoms with van der Waals surface area (Å²) in [7, 11) is 0. The highest BCUT2D eigenvalue weighted by molar-refractivity contribution is 5.71. The largest absolute Gasteiger partial charge is 0.462 e. The number of hydrogen-bond donors (Lipinski definition) is 0. The van der Waals surface area contributed by atoms with Crippen LogP contribution in [0.4, 0.5) is 0 Å². The van der Waals surface area contributed by atoms with Gasteiger partial charge in [0.2, 0.25) is 0 Å². The Morgan fingerprint density at radius 1 is 0.373 bits per heavy atom. The third-order valence-corrected chi connectivity index (χ3v) is 9.67. The normalized spacial score (nSPS) is 12.9. The SMILES string of the molecule is CC\C=C/C=C\C=C/C=C\C=C/CCCCCC(=O)OC(COC(=O)CCC/C=C\CCCCCC)COC(=O)CCCCCCCCC/C=C\C/C=C\CCCCC. The van der Waals surface area contributed by atoms with Gasteiger partial charge in [-0.15, -0.1) is 0 Å². The lowest BCUT2D eigenvalue weighted by Gasteiger charge is -2.18. The van der Waals surface area contributed by atoms with E-state index in [9.17, 15) is 14.4 Å². The van der Waals surface area contributed by atoms with Gasteiger partial charge < -0.3 is 14.2 Å². The molecule has 0 aliphatic rings.